The Kier molecular flexibility index (Phi) is 3.52. The Morgan fingerprint density at radius 3 is 2.22 bits per heavy atom. The van der Waals surface area contributed by atoms with Crippen molar-refractivity contribution < 1.29 is 18.3 Å². The molecule has 0 unspecified atom stereocenters. The lowest BCUT2D eigenvalue weighted by Crippen LogP contribution is -2.04. The lowest BCUT2D eigenvalue weighted by Gasteiger charge is -2.09. The quantitative estimate of drug-likeness (QED) is 0.644. The zero-order valence-corrected chi connectivity index (χ0v) is 11.9. The van der Waals surface area contributed by atoms with Crippen molar-refractivity contribution in [3.8, 4) is 28.1 Å². The van der Waals surface area contributed by atoms with Crippen molar-refractivity contribution >= 4 is 5.82 Å². The standard InChI is InChI=1S/C17H13F3N2O/c18-17(19,20)12-8-4-7-11(9-12)13-15(23)14(22-16(13)21)10-5-2-1-3-6-10/h1-9,22-23H,21H2. The van der Waals surface area contributed by atoms with Gasteiger partial charge in [-0.1, -0.05) is 42.5 Å². The number of rotatable bonds is 2. The topological polar surface area (TPSA) is 62.0 Å². The van der Waals surface area contributed by atoms with Gasteiger partial charge in [-0.25, -0.2) is 0 Å². The minimum absolute atomic E-state index is 0.112. The minimum Gasteiger partial charge on any atom is -0.505 e. The van der Waals surface area contributed by atoms with Gasteiger partial charge in [-0.15, -0.1) is 0 Å². The molecule has 3 nitrogen and oxygen atoms in total. The first-order valence-corrected chi connectivity index (χ1v) is 6.81. The number of nitrogens with two attached hydrogens (primary N) is 1. The number of alkyl halides is 3. The van der Waals surface area contributed by atoms with Gasteiger partial charge in [0.25, 0.3) is 0 Å². The number of anilines is 1. The van der Waals surface area contributed by atoms with Crippen LogP contribution in [0.3, 0.4) is 0 Å². The summed E-state index contributed by atoms with van der Waals surface area (Å²) in [7, 11) is 0. The number of aromatic hydroxyl groups is 1. The van der Waals surface area contributed by atoms with Crippen molar-refractivity contribution in [1.29, 1.82) is 0 Å². The van der Waals surface area contributed by atoms with Gasteiger partial charge in [0.2, 0.25) is 0 Å². The normalized spacial score (nSPS) is 11.6. The third-order valence-electron chi connectivity index (χ3n) is 3.54. The number of hydrogen-bond donors (Lipinski definition) is 3. The predicted octanol–water partition coefficient (Wildman–Crippen LogP) is 4.66. The highest BCUT2D eigenvalue weighted by atomic mass is 19.4. The molecule has 0 aliphatic rings. The van der Waals surface area contributed by atoms with Gasteiger partial charge in [0, 0.05) is 5.56 Å². The molecule has 1 heterocycles. The van der Waals surface area contributed by atoms with E-state index in [4.69, 9.17) is 5.73 Å². The second kappa shape index (κ2) is 5.39. The van der Waals surface area contributed by atoms with Crippen LogP contribution in [0.4, 0.5) is 19.0 Å². The minimum atomic E-state index is -4.46. The van der Waals surface area contributed by atoms with Crippen molar-refractivity contribution in [3.63, 3.8) is 0 Å². The van der Waals surface area contributed by atoms with E-state index < -0.39 is 11.7 Å². The molecule has 0 fully saturated rings. The van der Waals surface area contributed by atoms with E-state index >= 15 is 0 Å². The summed E-state index contributed by atoms with van der Waals surface area (Å²) < 4.78 is 38.6. The summed E-state index contributed by atoms with van der Waals surface area (Å²) in [6.45, 7) is 0. The Bertz CT molecular complexity index is 839. The molecule has 0 bridgehead atoms. The molecule has 6 heteroatoms. The van der Waals surface area contributed by atoms with Crippen LogP contribution < -0.4 is 5.73 Å². The van der Waals surface area contributed by atoms with Gasteiger partial charge in [0.05, 0.1) is 16.8 Å². The van der Waals surface area contributed by atoms with Crippen molar-refractivity contribution in [1.82, 2.24) is 4.98 Å². The molecule has 0 aliphatic heterocycles. The summed E-state index contributed by atoms with van der Waals surface area (Å²) in [5, 5.41) is 10.4. The molecule has 0 saturated carbocycles. The van der Waals surface area contributed by atoms with Gasteiger partial charge >= 0.3 is 6.18 Å². The van der Waals surface area contributed by atoms with Crippen LogP contribution in [0, 0.1) is 0 Å². The molecular weight excluding hydrogens is 305 g/mol. The lowest BCUT2D eigenvalue weighted by atomic mass is 10.0. The van der Waals surface area contributed by atoms with Gasteiger partial charge in [0.1, 0.15) is 5.82 Å². The number of hydrogen-bond acceptors (Lipinski definition) is 2. The van der Waals surface area contributed by atoms with Crippen LogP contribution in [0.2, 0.25) is 0 Å². The van der Waals surface area contributed by atoms with Crippen LogP contribution in [-0.2, 0) is 6.18 Å². The zero-order chi connectivity index (χ0) is 16.6. The van der Waals surface area contributed by atoms with Crippen molar-refractivity contribution in [3.05, 3.63) is 60.2 Å². The van der Waals surface area contributed by atoms with Gasteiger partial charge in [-0.2, -0.15) is 13.2 Å². The molecule has 0 radical (unpaired) electrons. The summed E-state index contributed by atoms with van der Waals surface area (Å²) in [6, 6.07) is 13.6. The van der Waals surface area contributed by atoms with Crippen molar-refractivity contribution in [2.75, 3.05) is 5.73 Å². The largest absolute Gasteiger partial charge is 0.505 e. The first kappa shape index (κ1) is 15.0. The Morgan fingerprint density at radius 1 is 0.913 bits per heavy atom. The average Bonchev–Trinajstić information content (AvgIpc) is 2.82. The van der Waals surface area contributed by atoms with E-state index in [1.54, 1.807) is 24.3 Å². The highest BCUT2D eigenvalue weighted by Gasteiger charge is 2.31. The van der Waals surface area contributed by atoms with Crippen LogP contribution >= 0.6 is 0 Å². The zero-order valence-electron chi connectivity index (χ0n) is 11.9. The third kappa shape index (κ3) is 2.75. The van der Waals surface area contributed by atoms with Crippen LogP contribution in [0.25, 0.3) is 22.4 Å². The number of benzene rings is 2. The van der Waals surface area contributed by atoms with E-state index in [0.717, 1.165) is 12.1 Å². The maximum atomic E-state index is 12.9. The highest BCUT2D eigenvalue weighted by Crippen LogP contribution is 2.43. The Morgan fingerprint density at radius 2 is 1.57 bits per heavy atom. The maximum absolute atomic E-state index is 12.9. The number of nitrogen functional groups attached to an aromatic ring is 1. The van der Waals surface area contributed by atoms with Crippen LogP contribution in [0.5, 0.6) is 5.75 Å². The second-order valence-electron chi connectivity index (χ2n) is 5.08. The van der Waals surface area contributed by atoms with E-state index in [-0.39, 0.29) is 22.7 Å². The van der Waals surface area contributed by atoms with Gasteiger partial charge in [0.15, 0.2) is 5.75 Å². The summed E-state index contributed by atoms with van der Waals surface area (Å²) >= 11 is 0. The molecule has 3 aromatic rings. The number of H-pyrrole nitrogens is 1. The van der Waals surface area contributed by atoms with Gasteiger partial charge in [-0.05, 0) is 17.7 Å². The molecule has 1 aromatic heterocycles. The summed E-state index contributed by atoms with van der Waals surface area (Å²) in [4.78, 5) is 2.83. The maximum Gasteiger partial charge on any atom is 0.416 e. The molecular formula is C17H13F3N2O. The van der Waals surface area contributed by atoms with Crippen molar-refractivity contribution in [2.45, 2.75) is 6.18 Å². The van der Waals surface area contributed by atoms with E-state index in [1.807, 2.05) is 6.07 Å². The van der Waals surface area contributed by atoms with Crippen LogP contribution in [-0.4, -0.2) is 10.1 Å². The summed E-state index contributed by atoms with van der Waals surface area (Å²) in [5.41, 5.74) is 6.50. The number of halogens is 3. The Labute approximate surface area is 130 Å². The molecule has 118 valence electrons. The van der Waals surface area contributed by atoms with Crippen molar-refractivity contribution in [2.24, 2.45) is 0 Å². The molecule has 3 rings (SSSR count). The van der Waals surface area contributed by atoms with Crippen LogP contribution in [0.1, 0.15) is 5.56 Å². The lowest BCUT2D eigenvalue weighted by molar-refractivity contribution is -0.137. The predicted molar refractivity (Wildman–Crippen MR) is 82.7 cm³/mol. The first-order valence-electron chi connectivity index (χ1n) is 6.81. The number of aromatic nitrogens is 1. The van der Waals surface area contributed by atoms with Gasteiger partial charge < -0.3 is 15.8 Å². The monoisotopic (exact) mass is 318 g/mol. The molecule has 0 atom stereocenters. The second-order valence-corrected chi connectivity index (χ2v) is 5.08. The summed E-state index contributed by atoms with van der Waals surface area (Å²) in [5.74, 6) is -0.0614. The molecule has 4 N–H and O–H groups in total. The van der Waals surface area contributed by atoms with Crippen LogP contribution in [0.15, 0.2) is 54.6 Å². The first-order chi connectivity index (χ1) is 10.9. The van der Waals surface area contributed by atoms with Gasteiger partial charge in [-0.3, -0.25) is 0 Å². The SMILES string of the molecule is Nc1[nH]c(-c2ccccc2)c(O)c1-c1cccc(C(F)(F)F)c1. The fourth-order valence-electron chi connectivity index (χ4n) is 2.47. The smallest absolute Gasteiger partial charge is 0.416 e. The third-order valence-corrected chi connectivity index (χ3v) is 3.54. The summed E-state index contributed by atoms with van der Waals surface area (Å²) in [6.07, 6.45) is -4.46. The average molecular weight is 318 g/mol. The molecule has 2 aromatic carbocycles. The van der Waals surface area contributed by atoms with E-state index in [9.17, 15) is 18.3 Å². The molecule has 0 saturated heterocycles. The fourth-order valence-corrected chi connectivity index (χ4v) is 2.47. The van der Waals surface area contributed by atoms with E-state index in [2.05, 4.69) is 4.98 Å². The Balaban J connectivity index is 2.14. The van der Waals surface area contributed by atoms with E-state index in [1.165, 1.54) is 12.1 Å². The fraction of sp³-hybridized carbons (Fsp3) is 0.0588. The number of aromatic amines is 1. The molecule has 0 aliphatic carbocycles. The molecule has 23 heavy (non-hydrogen) atoms. The van der Waals surface area contributed by atoms with E-state index in [0.29, 0.717) is 11.3 Å². The molecule has 0 amide bonds. The number of nitrogens with one attached hydrogen (secondary N) is 1. The highest BCUT2D eigenvalue weighted by molar-refractivity contribution is 5.88. The molecule has 0 spiro atoms. The Hall–Kier alpha value is -2.89.